The molecule has 0 N–H and O–H groups in total. The van der Waals surface area contributed by atoms with Crippen molar-refractivity contribution in [1.82, 2.24) is 13.4 Å². The highest BCUT2D eigenvalue weighted by Crippen LogP contribution is 2.44. The summed E-state index contributed by atoms with van der Waals surface area (Å²) in [4.78, 5) is 0. The van der Waals surface area contributed by atoms with Gasteiger partial charge >= 0.3 is 0 Å². The van der Waals surface area contributed by atoms with Crippen LogP contribution in [-0.4, -0.2) is 13.4 Å². The number of aromatic nitrogens is 3. The van der Waals surface area contributed by atoms with Gasteiger partial charge in [-0.25, -0.2) is 0 Å². The number of nitrogens with zero attached hydrogens (tertiary/aromatic N) is 3. The van der Waals surface area contributed by atoms with Crippen LogP contribution in [0.5, 0.6) is 0 Å². The van der Waals surface area contributed by atoms with Gasteiger partial charge in [0.05, 0.1) is 54.9 Å². The molecule has 0 bridgehead atoms. The Kier molecular flexibility index (Phi) is 6.04. The molecule has 13 aromatic rings. The van der Waals surface area contributed by atoms with Gasteiger partial charge in [0.15, 0.2) is 0 Å². The third kappa shape index (κ3) is 4.01. The summed E-state index contributed by atoms with van der Waals surface area (Å²) >= 11 is 1.89. The van der Waals surface area contributed by atoms with Crippen molar-refractivity contribution < 1.29 is 0 Å². The van der Waals surface area contributed by atoms with Gasteiger partial charge in [0, 0.05) is 47.8 Å². The lowest BCUT2D eigenvalue weighted by atomic mass is 10.1. The average Bonchev–Trinajstić information content (AvgIpc) is 4.02. The van der Waals surface area contributed by atoms with Gasteiger partial charge in [-0.3, -0.25) is 0 Å². The van der Waals surface area contributed by atoms with Gasteiger partial charge in [-0.1, -0.05) is 146 Å². The van der Waals surface area contributed by atoms with E-state index in [2.05, 4.69) is 201 Å². The first kappa shape index (κ1) is 30.2. The Hall–Kier alpha value is -7.14. The molecule has 5 heterocycles. The molecular formula is C52H31N3S. The Morgan fingerprint density at radius 3 is 1.55 bits per heavy atom. The van der Waals surface area contributed by atoms with Gasteiger partial charge in [-0.2, -0.15) is 0 Å². The molecular weight excluding hydrogens is 699 g/mol. The van der Waals surface area contributed by atoms with E-state index >= 15 is 0 Å². The molecule has 3 nitrogen and oxygen atoms in total. The van der Waals surface area contributed by atoms with E-state index in [9.17, 15) is 0 Å². The van der Waals surface area contributed by atoms with Crippen LogP contribution in [-0.2, 0) is 0 Å². The van der Waals surface area contributed by atoms with Gasteiger partial charge in [0.2, 0.25) is 0 Å². The second kappa shape index (κ2) is 11.2. The van der Waals surface area contributed by atoms with Crippen molar-refractivity contribution in [2.45, 2.75) is 0 Å². The molecule has 0 unspecified atom stereocenters. The molecule has 0 aliphatic rings. The zero-order valence-electron chi connectivity index (χ0n) is 30.1. The van der Waals surface area contributed by atoms with Gasteiger partial charge in [0.25, 0.3) is 0 Å². The average molecular weight is 730 g/mol. The van der Waals surface area contributed by atoms with Crippen molar-refractivity contribution in [3.63, 3.8) is 0 Å². The minimum atomic E-state index is 1.15. The van der Waals surface area contributed by atoms with E-state index in [1.165, 1.54) is 103 Å². The Morgan fingerprint density at radius 2 is 0.875 bits per heavy atom. The van der Waals surface area contributed by atoms with Crippen molar-refractivity contribution in [1.29, 1.82) is 0 Å². The number of hydrogen-bond acceptors (Lipinski definition) is 1. The maximum atomic E-state index is 2.55. The molecule has 13 rings (SSSR count). The molecule has 0 saturated carbocycles. The lowest BCUT2D eigenvalue weighted by Gasteiger charge is -2.15. The van der Waals surface area contributed by atoms with E-state index in [-0.39, 0.29) is 0 Å². The van der Waals surface area contributed by atoms with E-state index < -0.39 is 0 Å². The first-order chi connectivity index (χ1) is 27.8. The summed E-state index contributed by atoms with van der Waals surface area (Å²) in [6.07, 6.45) is 0. The Labute approximate surface area is 325 Å². The summed E-state index contributed by atoms with van der Waals surface area (Å²) in [6, 6.07) is 69.6. The van der Waals surface area contributed by atoms with Crippen LogP contribution in [0, 0.1) is 0 Å². The normalized spacial score (nSPS) is 12.3. The van der Waals surface area contributed by atoms with E-state index in [0.717, 1.165) is 11.0 Å². The lowest BCUT2D eigenvalue weighted by molar-refractivity contribution is 1.19. The summed E-state index contributed by atoms with van der Waals surface area (Å²) < 4.78 is 10.2. The third-order valence-corrected chi connectivity index (χ3v) is 13.2. The lowest BCUT2D eigenvalue weighted by Crippen LogP contribution is -1.99. The van der Waals surface area contributed by atoms with Crippen LogP contribution in [0.3, 0.4) is 0 Å². The fourth-order valence-corrected chi connectivity index (χ4v) is 10.8. The summed E-state index contributed by atoms with van der Waals surface area (Å²) in [6.45, 7) is 0. The van der Waals surface area contributed by atoms with E-state index in [0.29, 0.717) is 0 Å². The fraction of sp³-hybridized carbons (Fsp3) is 0. The number of benzene rings is 8. The van der Waals surface area contributed by atoms with Crippen LogP contribution in [0.15, 0.2) is 188 Å². The maximum absolute atomic E-state index is 2.55. The van der Waals surface area contributed by atoms with Crippen molar-refractivity contribution >= 4 is 96.9 Å². The van der Waals surface area contributed by atoms with Gasteiger partial charge < -0.3 is 13.4 Å². The second-order valence-corrected chi connectivity index (χ2v) is 16.0. The molecule has 0 aliphatic heterocycles. The van der Waals surface area contributed by atoms with E-state index in [1.807, 2.05) is 11.3 Å². The molecule has 8 aromatic carbocycles. The Balaban J connectivity index is 1.32. The fourth-order valence-electron chi connectivity index (χ4n) is 9.62. The summed E-state index contributed by atoms with van der Waals surface area (Å²) in [5.74, 6) is 0. The molecule has 4 heteroatoms. The SMILES string of the molecule is c1ccc(-c2cc3cccc4c5cccc6cc(-c7ccccc7)n(c7cc8c(cc7n2c34)c2ccccc2n8-c2cccc3c2sc2ccccc23)c65)cc1. The van der Waals surface area contributed by atoms with Crippen LogP contribution < -0.4 is 0 Å². The molecule has 56 heavy (non-hydrogen) atoms. The largest absolute Gasteiger partial charge is 0.308 e. The third-order valence-electron chi connectivity index (χ3n) is 12.0. The van der Waals surface area contributed by atoms with Crippen LogP contribution in [0.2, 0.25) is 0 Å². The first-order valence-electron chi connectivity index (χ1n) is 19.2. The molecule has 0 spiro atoms. The standard InChI is InChI=1S/C52H31N3S/c1-3-14-32(15-4-1)44-28-34-18-11-22-38-39-23-12-19-35-29-45(33-16-5-2-6-17-33)55(51(35)39)48-31-46-41(30-47(48)54(44)50(34)38)36-20-7-9-25-42(36)53(46)43-26-13-24-40-37-21-8-10-27-49(37)56-52(40)43/h1-31H. The topological polar surface area (TPSA) is 13.8 Å². The van der Waals surface area contributed by atoms with Crippen LogP contribution in [0.1, 0.15) is 0 Å². The summed E-state index contributed by atoms with van der Waals surface area (Å²) in [7, 11) is 0. The molecule has 0 radical (unpaired) electrons. The molecule has 5 aromatic heterocycles. The minimum absolute atomic E-state index is 1.15. The summed E-state index contributed by atoms with van der Waals surface area (Å²) in [5.41, 5.74) is 13.1. The number of fused-ring (bicyclic) bond motifs is 10. The van der Waals surface area contributed by atoms with Gasteiger partial charge in [-0.05, 0) is 53.6 Å². The molecule has 260 valence electrons. The summed E-state index contributed by atoms with van der Waals surface area (Å²) in [5, 5.41) is 10.00. The predicted molar refractivity (Wildman–Crippen MR) is 239 cm³/mol. The van der Waals surface area contributed by atoms with Crippen LogP contribution in [0.4, 0.5) is 0 Å². The van der Waals surface area contributed by atoms with Crippen molar-refractivity contribution in [3.05, 3.63) is 188 Å². The minimum Gasteiger partial charge on any atom is -0.308 e. The van der Waals surface area contributed by atoms with Crippen molar-refractivity contribution in [3.8, 4) is 28.2 Å². The van der Waals surface area contributed by atoms with Crippen molar-refractivity contribution in [2.24, 2.45) is 0 Å². The number of hydrogen-bond donors (Lipinski definition) is 0. The Bertz CT molecular complexity index is 3750. The van der Waals surface area contributed by atoms with Crippen molar-refractivity contribution in [2.75, 3.05) is 0 Å². The molecule has 0 atom stereocenters. The number of thiophene rings is 1. The van der Waals surface area contributed by atoms with Crippen LogP contribution >= 0.6 is 11.3 Å². The number of para-hydroxylation sites is 3. The second-order valence-electron chi connectivity index (χ2n) is 14.9. The van der Waals surface area contributed by atoms with Gasteiger partial charge in [-0.15, -0.1) is 11.3 Å². The highest BCUT2D eigenvalue weighted by molar-refractivity contribution is 7.26. The monoisotopic (exact) mass is 729 g/mol. The first-order valence-corrected chi connectivity index (χ1v) is 20.0. The quantitative estimate of drug-likeness (QED) is 0.172. The smallest absolute Gasteiger partial charge is 0.0724 e. The predicted octanol–water partition coefficient (Wildman–Crippen LogP) is 14.5. The van der Waals surface area contributed by atoms with E-state index in [1.54, 1.807) is 0 Å². The van der Waals surface area contributed by atoms with E-state index in [4.69, 9.17) is 0 Å². The maximum Gasteiger partial charge on any atom is 0.0724 e. The molecule has 0 fully saturated rings. The Morgan fingerprint density at radius 1 is 0.339 bits per heavy atom. The number of rotatable bonds is 3. The zero-order valence-corrected chi connectivity index (χ0v) is 31.0. The molecule has 0 amide bonds. The van der Waals surface area contributed by atoms with Crippen LogP contribution in [0.25, 0.3) is 114 Å². The molecule has 0 aliphatic carbocycles. The highest BCUT2D eigenvalue weighted by atomic mass is 32.1. The highest BCUT2D eigenvalue weighted by Gasteiger charge is 2.22. The van der Waals surface area contributed by atoms with Gasteiger partial charge in [0.1, 0.15) is 0 Å². The zero-order chi connectivity index (χ0) is 36.5. The molecule has 0 saturated heterocycles.